The first-order valence-corrected chi connectivity index (χ1v) is 10.1. The molecule has 2 aromatic carbocycles. The standard InChI is InChI=1S/C21H29N3OS/c1-3-15-11-12-24(13-17(22)14-26)20(15)21(25)23(2)19-10-6-8-16-7-4-5-9-18(16)19/h4-10,15,17,20,26H,3,11-14,22H2,1-2H3/t15-,17+,20-/m0/s1. The topological polar surface area (TPSA) is 49.6 Å². The van der Waals surface area contributed by atoms with Gasteiger partial charge < -0.3 is 10.6 Å². The van der Waals surface area contributed by atoms with Gasteiger partial charge in [-0.05, 0) is 30.3 Å². The van der Waals surface area contributed by atoms with Gasteiger partial charge in [-0.1, -0.05) is 49.7 Å². The maximum absolute atomic E-state index is 13.5. The maximum atomic E-state index is 13.5. The average molecular weight is 372 g/mol. The van der Waals surface area contributed by atoms with E-state index in [9.17, 15) is 4.79 Å². The number of carbonyl (C=O) groups is 1. The summed E-state index contributed by atoms with van der Waals surface area (Å²) in [7, 11) is 1.89. The van der Waals surface area contributed by atoms with Crippen LogP contribution in [0.25, 0.3) is 10.8 Å². The molecule has 0 saturated carbocycles. The minimum absolute atomic E-state index is 0.00731. The Balaban J connectivity index is 1.89. The van der Waals surface area contributed by atoms with E-state index < -0.39 is 0 Å². The maximum Gasteiger partial charge on any atom is 0.244 e. The molecular weight excluding hydrogens is 342 g/mol. The average Bonchev–Trinajstić information content (AvgIpc) is 3.08. The molecule has 26 heavy (non-hydrogen) atoms. The number of hydrogen-bond acceptors (Lipinski definition) is 4. The Morgan fingerprint density at radius 2 is 2.04 bits per heavy atom. The van der Waals surface area contributed by atoms with Gasteiger partial charge in [0.05, 0.1) is 11.7 Å². The Bertz CT molecular complexity index is 761. The lowest BCUT2D eigenvalue weighted by atomic mass is 9.96. The van der Waals surface area contributed by atoms with Crippen LogP contribution < -0.4 is 10.6 Å². The lowest BCUT2D eigenvalue weighted by Crippen LogP contribution is -2.50. The fourth-order valence-corrected chi connectivity index (χ4v) is 4.21. The van der Waals surface area contributed by atoms with E-state index in [-0.39, 0.29) is 18.0 Å². The van der Waals surface area contributed by atoms with Gasteiger partial charge in [-0.3, -0.25) is 9.69 Å². The molecule has 0 aliphatic carbocycles. The van der Waals surface area contributed by atoms with E-state index in [1.54, 1.807) is 0 Å². The summed E-state index contributed by atoms with van der Waals surface area (Å²) in [4.78, 5) is 17.6. The second-order valence-electron chi connectivity index (χ2n) is 7.23. The van der Waals surface area contributed by atoms with E-state index >= 15 is 0 Å². The number of fused-ring (bicyclic) bond motifs is 1. The van der Waals surface area contributed by atoms with Crippen LogP contribution in [-0.4, -0.2) is 48.8 Å². The number of carbonyl (C=O) groups excluding carboxylic acids is 1. The molecule has 1 amide bonds. The van der Waals surface area contributed by atoms with E-state index in [1.165, 1.54) is 0 Å². The normalized spacial score (nSPS) is 21.8. The highest BCUT2D eigenvalue weighted by molar-refractivity contribution is 7.80. The molecule has 0 radical (unpaired) electrons. The van der Waals surface area contributed by atoms with Crippen LogP contribution in [-0.2, 0) is 4.79 Å². The lowest BCUT2D eigenvalue weighted by Gasteiger charge is -2.32. The van der Waals surface area contributed by atoms with E-state index in [1.807, 2.05) is 36.2 Å². The summed E-state index contributed by atoms with van der Waals surface area (Å²) in [6.45, 7) is 3.82. The minimum Gasteiger partial charge on any atom is -0.326 e. The van der Waals surface area contributed by atoms with Crippen molar-refractivity contribution in [3.8, 4) is 0 Å². The van der Waals surface area contributed by atoms with Gasteiger partial charge in [-0.25, -0.2) is 0 Å². The van der Waals surface area contributed by atoms with Gasteiger partial charge in [0.1, 0.15) is 0 Å². The summed E-state index contributed by atoms with van der Waals surface area (Å²) in [5, 5.41) is 2.26. The molecular formula is C21H29N3OS. The van der Waals surface area contributed by atoms with Gasteiger partial charge in [-0.15, -0.1) is 0 Å². The monoisotopic (exact) mass is 371 g/mol. The SMILES string of the molecule is CC[C@H]1CCN(C[C@@H](N)CS)[C@@H]1C(=O)N(C)c1cccc2ccccc12. The fraction of sp³-hybridized carbons (Fsp3) is 0.476. The molecule has 0 unspecified atom stereocenters. The number of thiol groups is 1. The molecule has 2 aromatic rings. The third-order valence-corrected chi connectivity index (χ3v) is 6.04. The van der Waals surface area contributed by atoms with E-state index in [2.05, 4.69) is 42.7 Å². The van der Waals surface area contributed by atoms with Crippen molar-refractivity contribution in [3.63, 3.8) is 0 Å². The molecule has 5 heteroatoms. The van der Waals surface area contributed by atoms with Crippen molar-refractivity contribution in [2.45, 2.75) is 31.8 Å². The van der Waals surface area contributed by atoms with Crippen LogP contribution in [0.2, 0.25) is 0 Å². The number of amides is 1. The predicted octanol–water partition coefficient (Wildman–Crippen LogP) is 3.16. The quantitative estimate of drug-likeness (QED) is 0.767. The molecule has 1 aliphatic heterocycles. The van der Waals surface area contributed by atoms with Gasteiger partial charge >= 0.3 is 0 Å². The molecule has 0 bridgehead atoms. The Labute approximate surface area is 161 Å². The fourth-order valence-electron chi connectivity index (χ4n) is 4.09. The summed E-state index contributed by atoms with van der Waals surface area (Å²) in [6, 6.07) is 14.2. The molecule has 1 aliphatic rings. The zero-order chi connectivity index (χ0) is 18.7. The first-order chi connectivity index (χ1) is 12.6. The van der Waals surface area contributed by atoms with Crippen LogP contribution in [0.5, 0.6) is 0 Å². The molecule has 0 aromatic heterocycles. The summed E-state index contributed by atoms with van der Waals surface area (Å²) in [5.41, 5.74) is 7.09. The van der Waals surface area contributed by atoms with E-state index in [4.69, 9.17) is 5.73 Å². The molecule has 1 saturated heterocycles. The number of nitrogens with two attached hydrogens (primary N) is 1. The molecule has 1 fully saturated rings. The van der Waals surface area contributed by atoms with Crippen molar-refractivity contribution in [2.75, 3.05) is 30.8 Å². The Hall–Kier alpha value is -1.56. The van der Waals surface area contributed by atoms with Gasteiger partial charge in [0.15, 0.2) is 0 Å². The highest BCUT2D eigenvalue weighted by Crippen LogP contribution is 2.32. The number of hydrogen-bond donors (Lipinski definition) is 2. The van der Waals surface area contributed by atoms with Crippen LogP contribution in [0.3, 0.4) is 0 Å². The van der Waals surface area contributed by atoms with Crippen LogP contribution >= 0.6 is 12.6 Å². The highest BCUT2D eigenvalue weighted by Gasteiger charge is 2.40. The molecule has 3 atom stereocenters. The zero-order valence-electron chi connectivity index (χ0n) is 15.6. The van der Waals surface area contributed by atoms with Crippen LogP contribution in [0.4, 0.5) is 5.69 Å². The highest BCUT2D eigenvalue weighted by atomic mass is 32.1. The predicted molar refractivity (Wildman–Crippen MR) is 113 cm³/mol. The second kappa shape index (κ2) is 8.42. The van der Waals surface area contributed by atoms with Crippen molar-refractivity contribution in [1.29, 1.82) is 0 Å². The van der Waals surface area contributed by atoms with Crippen molar-refractivity contribution in [1.82, 2.24) is 4.90 Å². The number of anilines is 1. The van der Waals surface area contributed by atoms with Crippen molar-refractivity contribution < 1.29 is 4.79 Å². The van der Waals surface area contributed by atoms with Crippen LogP contribution in [0.1, 0.15) is 19.8 Å². The molecule has 1 heterocycles. The number of likely N-dealkylation sites (tertiary alicyclic amines) is 1. The van der Waals surface area contributed by atoms with Crippen molar-refractivity contribution in [2.24, 2.45) is 11.7 Å². The zero-order valence-corrected chi connectivity index (χ0v) is 16.5. The number of benzene rings is 2. The molecule has 3 rings (SSSR count). The third kappa shape index (κ3) is 3.75. The largest absolute Gasteiger partial charge is 0.326 e. The molecule has 4 nitrogen and oxygen atoms in total. The smallest absolute Gasteiger partial charge is 0.244 e. The molecule has 140 valence electrons. The third-order valence-electron chi connectivity index (χ3n) is 5.57. The molecule has 2 N–H and O–H groups in total. The van der Waals surface area contributed by atoms with Crippen LogP contribution in [0, 0.1) is 5.92 Å². The number of rotatable bonds is 6. The summed E-state index contributed by atoms with van der Waals surface area (Å²) < 4.78 is 0. The Morgan fingerprint density at radius 1 is 1.31 bits per heavy atom. The summed E-state index contributed by atoms with van der Waals surface area (Å²) in [5.74, 6) is 1.18. The Kier molecular flexibility index (Phi) is 6.22. The van der Waals surface area contributed by atoms with Crippen molar-refractivity contribution >= 4 is 35.0 Å². The minimum atomic E-state index is -0.102. The van der Waals surface area contributed by atoms with Crippen LogP contribution in [0.15, 0.2) is 42.5 Å². The van der Waals surface area contributed by atoms with E-state index in [0.29, 0.717) is 11.7 Å². The first-order valence-electron chi connectivity index (χ1n) is 9.42. The van der Waals surface area contributed by atoms with Crippen molar-refractivity contribution in [3.05, 3.63) is 42.5 Å². The van der Waals surface area contributed by atoms with Gasteiger partial charge in [0.2, 0.25) is 5.91 Å². The van der Waals surface area contributed by atoms with Gasteiger partial charge in [0, 0.05) is 30.8 Å². The lowest BCUT2D eigenvalue weighted by molar-refractivity contribution is -0.123. The Morgan fingerprint density at radius 3 is 2.77 bits per heavy atom. The number of likely N-dealkylation sites (N-methyl/N-ethyl adjacent to an activating group) is 1. The van der Waals surface area contributed by atoms with Gasteiger partial charge in [0.25, 0.3) is 0 Å². The van der Waals surface area contributed by atoms with Gasteiger partial charge in [-0.2, -0.15) is 12.6 Å². The second-order valence-corrected chi connectivity index (χ2v) is 7.60. The number of nitrogens with zero attached hydrogens (tertiary/aromatic N) is 2. The summed E-state index contributed by atoms with van der Waals surface area (Å²) >= 11 is 4.31. The first kappa shape index (κ1) is 19.2. The molecule has 0 spiro atoms. The van der Waals surface area contributed by atoms with E-state index in [0.717, 1.165) is 42.4 Å². The summed E-state index contributed by atoms with van der Waals surface area (Å²) in [6.07, 6.45) is 2.06.